The van der Waals surface area contributed by atoms with Crippen LogP contribution >= 0.6 is 23.2 Å². The van der Waals surface area contributed by atoms with E-state index in [2.05, 4.69) is 12.2 Å². The van der Waals surface area contributed by atoms with E-state index in [-0.39, 0.29) is 6.04 Å². The Morgan fingerprint density at radius 1 is 1.29 bits per heavy atom. The zero-order chi connectivity index (χ0) is 15.7. The molecule has 0 aromatic heterocycles. The number of halogens is 4. The van der Waals surface area contributed by atoms with Gasteiger partial charge in [-0.3, -0.25) is 0 Å². The first-order valence-electron chi connectivity index (χ1n) is 7.06. The van der Waals surface area contributed by atoms with Gasteiger partial charge in [0.1, 0.15) is 6.61 Å². The molecule has 0 aliphatic carbocycles. The zero-order valence-electron chi connectivity index (χ0n) is 12.0. The first-order chi connectivity index (χ1) is 10.0. The van der Waals surface area contributed by atoms with Gasteiger partial charge in [0.2, 0.25) is 0 Å². The maximum Gasteiger partial charge on any atom is 0.261 e. The molecule has 0 aliphatic heterocycles. The average Bonchev–Trinajstić information content (AvgIpc) is 2.45. The molecule has 6 heteroatoms. The summed E-state index contributed by atoms with van der Waals surface area (Å²) in [4.78, 5) is 0. The van der Waals surface area contributed by atoms with Gasteiger partial charge < -0.3 is 10.1 Å². The fraction of sp³-hybridized carbons (Fsp3) is 0.600. The minimum Gasteiger partial charge on any atom is -0.375 e. The third kappa shape index (κ3) is 7.41. The van der Waals surface area contributed by atoms with Crippen LogP contribution in [0.2, 0.25) is 10.0 Å². The highest BCUT2D eigenvalue weighted by Crippen LogP contribution is 2.26. The summed E-state index contributed by atoms with van der Waals surface area (Å²) in [7, 11) is 0. The Morgan fingerprint density at radius 2 is 2.05 bits per heavy atom. The molecule has 0 fully saturated rings. The van der Waals surface area contributed by atoms with Crippen molar-refractivity contribution < 1.29 is 13.5 Å². The second-order valence-corrected chi connectivity index (χ2v) is 5.61. The van der Waals surface area contributed by atoms with Crippen LogP contribution in [0.25, 0.3) is 0 Å². The van der Waals surface area contributed by atoms with Gasteiger partial charge in [-0.2, -0.15) is 0 Å². The highest BCUT2D eigenvalue weighted by atomic mass is 35.5. The summed E-state index contributed by atoms with van der Waals surface area (Å²) >= 11 is 12.2. The van der Waals surface area contributed by atoms with Crippen molar-refractivity contribution in [2.45, 2.75) is 38.7 Å². The predicted molar refractivity (Wildman–Crippen MR) is 83.7 cm³/mol. The summed E-state index contributed by atoms with van der Waals surface area (Å²) in [5.74, 6) is 0. The summed E-state index contributed by atoms with van der Waals surface area (Å²) in [5, 5.41) is 4.46. The molecule has 120 valence electrons. The van der Waals surface area contributed by atoms with E-state index in [1.165, 1.54) is 0 Å². The van der Waals surface area contributed by atoms with Crippen LogP contribution in [0.3, 0.4) is 0 Å². The van der Waals surface area contributed by atoms with Crippen LogP contribution in [0.5, 0.6) is 0 Å². The lowest BCUT2D eigenvalue weighted by Gasteiger charge is -2.19. The smallest absolute Gasteiger partial charge is 0.261 e. The summed E-state index contributed by atoms with van der Waals surface area (Å²) in [5.41, 5.74) is 0.951. The number of benzene rings is 1. The lowest BCUT2D eigenvalue weighted by molar-refractivity contribution is 0.0144. The Labute approximate surface area is 134 Å². The second-order valence-electron chi connectivity index (χ2n) is 4.82. The highest BCUT2D eigenvalue weighted by Gasteiger charge is 2.13. The van der Waals surface area contributed by atoms with Crippen molar-refractivity contribution in [2.75, 3.05) is 19.8 Å². The third-order valence-electron chi connectivity index (χ3n) is 3.04. The van der Waals surface area contributed by atoms with Crippen LogP contribution in [-0.4, -0.2) is 32.2 Å². The van der Waals surface area contributed by atoms with Gasteiger partial charge in [-0.15, -0.1) is 0 Å². The summed E-state index contributed by atoms with van der Waals surface area (Å²) in [6.07, 6.45) is -0.0839. The molecular formula is C15H21Cl2F2NO. The van der Waals surface area contributed by atoms with E-state index in [1.54, 1.807) is 6.07 Å². The highest BCUT2D eigenvalue weighted by molar-refractivity contribution is 6.42. The van der Waals surface area contributed by atoms with Crippen molar-refractivity contribution in [3.63, 3.8) is 0 Å². The molecule has 0 amide bonds. The molecule has 1 aromatic carbocycles. The van der Waals surface area contributed by atoms with Gasteiger partial charge in [-0.25, -0.2) is 8.78 Å². The summed E-state index contributed by atoms with van der Waals surface area (Å²) in [6.45, 7) is 2.71. The Balaban J connectivity index is 2.54. The quantitative estimate of drug-likeness (QED) is 0.630. The molecule has 2 nitrogen and oxygen atoms in total. The topological polar surface area (TPSA) is 21.3 Å². The van der Waals surface area contributed by atoms with E-state index in [0.29, 0.717) is 29.5 Å². The number of ether oxygens (including phenoxy) is 1. The molecule has 0 radical (unpaired) electrons. The molecule has 0 bridgehead atoms. The van der Waals surface area contributed by atoms with Crippen LogP contribution in [-0.2, 0) is 11.2 Å². The van der Waals surface area contributed by atoms with Gasteiger partial charge >= 0.3 is 0 Å². The van der Waals surface area contributed by atoms with Crippen molar-refractivity contribution >= 4 is 23.2 Å². The van der Waals surface area contributed by atoms with E-state index in [0.717, 1.165) is 18.5 Å². The fourth-order valence-corrected chi connectivity index (χ4v) is 2.39. The van der Waals surface area contributed by atoms with E-state index < -0.39 is 13.0 Å². The lowest BCUT2D eigenvalue weighted by atomic mass is 10.0. The second kappa shape index (κ2) is 10.3. The normalized spacial score (nSPS) is 12.9. The number of rotatable bonds is 10. The molecule has 1 atom stereocenters. The molecule has 0 aliphatic rings. The van der Waals surface area contributed by atoms with Crippen LogP contribution in [0.4, 0.5) is 8.78 Å². The lowest BCUT2D eigenvalue weighted by Crippen LogP contribution is -2.33. The Bertz CT molecular complexity index is 419. The fourth-order valence-electron chi connectivity index (χ4n) is 1.99. The van der Waals surface area contributed by atoms with E-state index in [9.17, 15) is 8.78 Å². The van der Waals surface area contributed by atoms with Gasteiger partial charge in [0.05, 0.1) is 10.0 Å². The molecule has 1 aromatic rings. The van der Waals surface area contributed by atoms with Crippen LogP contribution in [0.1, 0.15) is 25.3 Å². The van der Waals surface area contributed by atoms with Crippen molar-refractivity contribution in [1.29, 1.82) is 0 Å². The van der Waals surface area contributed by atoms with Gasteiger partial charge in [0, 0.05) is 12.6 Å². The predicted octanol–water partition coefficient (Wildman–Crippen LogP) is 4.58. The van der Waals surface area contributed by atoms with Crippen LogP contribution < -0.4 is 5.32 Å². The summed E-state index contributed by atoms with van der Waals surface area (Å²) < 4.78 is 29.0. The summed E-state index contributed by atoms with van der Waals surface area (Å²) in [6, 6.07) is 5.65. The van der Waals surface area contributed by atoms with Gasteiger partial charge in [0.15, 0.2) is 0 Å². The molecule has 21 heavy (non-hydrogen) atoms. The molecular weight excluding hydrogens is 319 g/mol. The van der Waals surface area contributed by atoms with Crippen molar-refractivity contribution in [2.24, 2.45) is 0 Å². The van der Waals surface area contributed by atoms with Crippen molar-refractivity contribution in [3.8, 4) is 0 Å². The Morgan fingerprint density at radius 3 is 2.71 bits per heavy atom. The minimum atomic E-state index is -2.42. The largest absolute Gasteiger partial charge is 0.375 e. The monoisotopic (exact) mass is 339 g/mol. The number of alkyl halides is 2. The molecule has 1 unspecified atom stereocenters. The Kier molecular flexibility index (Phi) is 9.16. The van der Waals surface area contributed by atoms with Gasteiger partial charge in [-0.1, -0.05) is 42.3 Å². The molecule has 0 saturated carbocycles. The first-order valence-corrected chi connectivity index (χ1v) is 7.82. The first kappa shape index (κ1) is 18.6. The molecule has 0 saturated heterocycles. The SMILES string of the molecule is CCCNC(CCOCC(F)F)Cc1cccc(Cl)c1Cl. The molecule has 0 heterocycles. The minimum absolute atomic E-state index is 0.124. The zero-order valence-corrected chi connectivity index (χ0v) is 13.6. The number of hydrogen-bond acceptors (Lipinski definition) is 2. The molecule has 0 spiro atoms. The van der Waals surface area contributed by atoms with Crippen molar-refractivity contribution in [3.05, 3.63) is 33.8 Å². The average molecular weight is 340 g/mol. The molecule has 1 rings (SSSR count). The third-order valence-corrected chi connectivity index (χ3v) is 3.89. The van der Waals surface area contributed by atoms with E-state index in [1.807, 2.05) is 12.1 Å². The van der Waals surface area contributed by atoms with E-state index >= 15 is 0 Å². The maximum absolute atomic E-state index is 12.0. The Hall–Kier alpha value is -0.420. The van der Waals surface area contributed by atoms with Crippen LogP contribution in [0, 0.1) is 0 Å². The standard InChI is InChI=1S/C15H21Cl2F2NO/c1-2-7-20-12(6-8-21-10-14(18)19)9-11-4-3-5-13(16)15(11)17/h3-5,12,14,20H,2,6-10H2,1H3. The number of hydrogen-bond donors (Lipinski definition) is 1. The number of nitrogens with one attached hydrogen (secondary N) is 1. The van der Waals surface area contributed by atoms with Gasteiger partial charge in [0.25, 0.3) is 6.43 Å². The van der Waals surface area contributed by atoms with Gasteiger partial charge in [-0.05, 0) is 37.4 Å². The molecule has 1 N–H and O–H groups in total. The van der Waals surface area contributed by atoms with Crippen LogP contribution in [0.15, 0.2) is 18.2 Å². The van der Waals surface area contributed by atoms with Crippen molar-refractivity contribution in [1.82, 2.24) is 5.32 Å². The van der Waals surface area contributed by atoms with E-state index in [4.69, 9.17) is 27.9 Å². The maximum atomic E-state index is 12.0.